The van der Waals surface area contributed by atoms with Crippen molar-refractivity contribution in [3.8, 4) is 6.07 Å². The highest BCUT2D eigenvalue weighted by Gasteiger charge is 2.24. The van der Waals surface area contributed by atoms with Crippen molar-refractivity contribution in [1.82, 2.24) is 20.3 Å². The molecule has 0 unspecified atom stereocenters. The van der Waals surface area contributed by atoms with Gasteiger partial charge in [0.1, 0.15) is 11.6 Å². The summed E-state index contributed by atoms with van der Waals surface area (Å²) in [5.74, 6) is 0.579. The molecule has 1 aliphatic rings. The largest absolute Gasteiger partial charge is 0.355 e. The molecule has 1 amide bonds. The zero-order chi connectivity index (χ0) is 17.6. The molecule has 0 spiro atoms. The number of pyridine rings is 1. The molecule has 1 aliphatic heterocycles. The van der Waals surface area contributed by atoms with Crippen LogP contribution in [0.2, 0.25) is 0 Å². The first kappa shape index (κ1) is 17.2. The van der Waals surface area contributed by atoms with E-state index in [4.69, 9.17) is 0 Å². The maximum atomic E-state index is 12.2. The highest BCUT2D eigenvalue weighted by atomic mass is 32.2. The second kappa shape index (κ2) is 7.94. The van der Waals surface area contributed by atoms with Gasteiger partial charge in [0, 0.05) is 31.5 Å². The monoisotopic (exact) mass is 354 g/mol. The Bertz CT molecular complexity index is 783. The summed E-state index contributed by atoms with van der Waals surface area (Å²) in [6.45, 7) is 1.47. The molecule has 3 heterocycles. The zero-order valence-electron chi connectivity index (χ0n) is 13.8. The molecule has 3 rings (SSSR count). The van der Waals surface area contributed by atoms with Gasteiger partial charge < -0.3 is 10.2 Å². The molecular formula is C17H18N6OS. The van der Waals surface area contributed by atoms with E-state index in [1.54, 1.807) is 30.7 Å². The van der Waals surface area contributed by atoms with E-state index in [-0.39, 0.29) is 11.9 Å². The second-order valence-electron chi connectivity index (χ2n) is 5.68. The van der Waals surface area contributed by atoms with E-state index < -0.39 is 0 Å². The summed E-state index contributed by atoms with van der Waals surface area (Å²) < 4.78 is 0. The maximum Gasteiger partial charge on any atom is 0.253 e. The van der Waals surface area contributed by atoms with Gasteiger partial charge in [0.25, 0.3) is 5.91 Å². The minimum absolute atomic E-state index is 0.101. The number of hydrogen-bond donors (Lipinski definition) is 1. The molecule has 2 aromatic heterocycles. The van der Waals surface area contributed by atoms with E-state index in [9.17, 15) is 10.1 Å². The standard InChI is InChI=1S/C17H18N6OS/c1-25-17-20-11-13(9-18)15(22-17)23-7-4-14(5-8-23)21-16(24)12-3-2-6-19-10-12/h2-3,6,10-11,14H,4-5,7-8H2,1H3,(H,21,24). The van der Waals surface area contributed by atoms with Crippen molar-refractivity contribution in [3.05, 3.63) is 41.9 Å². The minimum atomic E-state index is -0.101. The predicted molar refractivity (Wildman–Crippen MR) is 95.5 cm³/mol. The molecule has 0 atom stereocenters. The highest BCUT2D eigenvalue weighted by molar-refractivity contribution is 7.98. The second-order valence-corrected chi connectivity index (χ2v) is 6.46. The molecule has 1 fully saturated rings. The Hall–Kier alpha value is -2.66. The van der Waals surface area contributed by atoms with Crippen LogP contribution in [0.5, 0.6) is 0 Å². The van der Waals surface area contributed by atoms with Gasteiger partial charge in [0.2, 0.25) is 0 Å². The van der Waals surface area contributed by atoms with E-state index in [1.165, 1.54) is 11.8 Å². The molecule has 1 saturated heterocycles. The molecule has 2 aromatic rings. The first-order valence-electron chi connectivity index (χ1n) is 7.98. The average molecular weight is 354 g/mol. The molecule has 0 bridgehead atoms. The quantitative estimate of drug-likeness (QED) is 0.661. The number of carbonyl (C=O) groups is 1. The summed E-state index contributed by atoms with van der Waals surface area (Å²) in [4.78, 5) is 26.9. The summed E-state index contributed by atoms with van der Waals surface area (Å²) in [5.41, 5.74) is 1.05. The third kappa shape index (κ3) is 4.06. The predicted octanol–water partition coefficient (Wildman–Crippen LogP) is 1.86. The van der Waals surface area contributed by atoms with E-state index >= 15 is 0 Å². The van der Waals surface area contributed by atoms with Gasteiger partial charge in [0.05, 0.1) is 11.8 Å². The van der Waals surface area contributed by atoms with Crippen molar-refractivity contribution in [2.75, 3.05) is 24.2 Å². The molecule has 0 saturated carbocycles. The van der Waals surface area contributed by atoms with Gasteiger partial charge in [-0.25, -0.2) is 9.97 Å². The van der Waals surface area contributed by atoms with Crippen LogP contribution in [-0.2, 0) is 0 Å². The Labute approximate surface area is 150 Å². The van der Waals surface area contributed by atoms with Crippen LogP contribution >= 0.6 is 11.8 Å². The Morgan fingerprint density at radius 2 is 2.20 bits per heavy atom. The van der Waals surface area contributed by atoms with Crippen LogP contribution in [0.15, 0.2) is 35.9 Å². The van der Waals surface area contributed by atoms with Gasteiger partial charge in [-0.3, -0.25) is 9.78 Å². The fourth-order valence-corrected chi connectivity index (χ4v) is 3.11. The number of piperidine rings is 1. The number of hydrogen-bond acceptors (Lipinski definition) is 7. The SMILES string of the molecule is CSc1ncc(C#N)c(N2CCC(NC(=O)c3cccnc3)CC2)n1. The van der Waals surface area contributed by atoms with Crippen molar-refractivity contribution in [1.29, 1.82) is 5.26 Å². The molecule has 8 heteroatoms. The lowest BCUT2D eigenvalue weighted by Gasteiger charge is -2.33. The Kier molecular flexibility index (Phi) is 5.46. The number of thioether (sulfide) groups is 1. The normalized spacial score (nSPS) is 14.8. The molecule has 25 heavy (non-hydrogen) atoms. The van der Waals surface area contributed by atoms with E-state index in [0.29, 0.717) is 22.1 Å². The number of anilines is 1. The molecule has 7 nitrogen and oxygen atoms in total. The summed E-state index contributed by atoms with van der Waals surface area (Å²) in [6.07, 6.45) is 8.29. The van der Waals surface area contributed by atoms with Gasteiger partial charge in [0.15, 0.2) is 11.0 Å². The smallest absolute Gasteiger partial charge is 0.253 e. The molecule has 0 radical (unpaired) electrons. The highest BCUT2D eigenvalue weighted by Crippen LogP contribution is 2.23. The summed E-state index contributed by atoms with van der Waals surface area (Å²) >= 11 is 1.45. The Morgan fingerprint density at radius 1 is 1.40 bits per heavy atom. The van der Waals surface area contributed by atoms with Crippen LogP contribution in [0.4, 0.5) is 5.82 Å². The minimum Gasteiger partial charge on any atom is -0.355 e. The van der Waals surface area contributed by atoms with Crippen LogP contribution in [0.25, 0.3) is 0 Å². The van der Waals surface area contributed by atoms with Crippen LogP contribution in [0.1, 0.15) is 28.8 Å². The number of nitriles is 1. The number of amides is 1. The molecule has 128 valence electrons. The number of aromatic nitrogens is 3. The van der Waals surface area contributed by atoms with Gasteiger partial charge in [-0.1, -0.05) is 11.8 Å². The van der Waals surface area contributed by atoms with Gasteiger partial charge in [-0.05, 0) is 31.2 Å². The molecule has 1 N–H and O–H groups in total. The first-order chi connectivity index (χ1) is 12.2. The number of rotatable bonds is 4. The third-order valence-electron chi connectivity index (χ3n) is 4.10. The number of nitrogens with one attached hydrogen (secondary N) is 1. The lowest BCUT2D eigenvalue weighted by molar-refractivity contribution is 0.0930. The van der Waals surface area contributed by atoms with Gasteiger partial charge in [-0.2, -0.15) is 5.26 Å². The topological polar surface area (TPSA) is 94.8 Å². The summed E-state index contributed by atoms with van der Waals surface area (Å²) in [7, 11) is 0. The maximum absolute atomic E-state index is 12.2. The van der Waals surface area contributed by atoms with Crippen molar-refractivity contribution in [3.63, 3.8) is 0 Å². The molecule has 0 aromatic carbocycles. The molecule has 0 aliphatic carbocycles. The van der Waals surface area contributed by atoms with Crippen molar-refractivity contribution in [2.24, 2.45) is 0 Å². The van der Waals surface area contributed by atoms with Crippen LogP contribution in [-0.4, -0.2) is 46.2 Å². The Morgan fingerprint density at radius 3 is 2.84 bits per heavy atom. The van der Waals surface area contributed by atoms with Crippen LogP contribution in [0, 0.1) is 11.3 Å². The van der Waals surface area contributed by atoms with Gasteiger partial charge in [-0.15, -0.1) is 0 Å². The van der Waals surface area contributed by atoms with E-state index in [0.717, 1.165) is 25.9 Å². The van der Waals surface area contributed by atoms with Crippen molar-refractivity contribution < 1.29 is 4.79 Å². The lowest BCUT2D eigenvalue weighted by Crippen LogP contribution is -2.45. The summed E-state index contributed by atoms with van der Waals surface area (Å²) in [6, 6.07) is 5.77. The van der Waals surface area contributed by atoms with E-state index in [2.05, 4.69) is 31.2 Å². The Balaban J connectivity index is 1.63. The number of carbonyl (C=O) groups excluding carboxylic acids is 1. The lowest BCUT2D eigenvalue weighted by atomic mass is 10.0. The van der Waals surface area contributed by atoms with Crippen molar-refractivity contribution in [2.45, 2.75) is 24.0 Å². The third-order valence-corrected chi connectivity index (χ3v) is 4.66. The van der Waals surface area contributed by atoms with Gasteiger partial charge >= 0.3 is 0 Å². The van der Waals surface area contributed by atoms with Crippen LogP contribution in [0.3, 0.4) is 0 Å². The summed E-state index contributed by atoms with van der Waals surface area (Å²) in [5, 5.41) is 13.0. The number of nitrogens with zero attached hydrogens (tertiary/aromatic N) is 5. The first-order valence-corrected chi connectivity index (χ1v) is 9.20. The van der Waals surface area contributed by atoms with E-state index in [1.807, 2.05) is 6.26 Å². The average Bonchev–Trinajstić information content (AvgIpc) is 2.68. The zero-order valence-corrected chi connectivity index (χ0v) is 14.7. The molecular weight excluding hydrogens is 336 g/mol. The van der Waals surface area contributed by atoms with Crippen LogP contribution < -0.4 is 10.2 Å². The fraction of sp³-hybridized carbons (Fsp3) is 0.353. The van der Waals surface area contributed by atoms with Crippen molar-refractivity contribution >= 4 is 23.5 Å². The fourth-order valence-electron chi connectivity index (χ4n) is 2.78.